The zero-order valence-electron chi connectivity index (χ0n) is 15.9. The molecule has 2 heteroatoms. The van der Waals surface area contributed by atoms with E-state index in [1.165, 1.54) is 32.8 Å². The van der Waals surface area contributed by atoms with Gasteiger partial charge in [0.25, 0.3) is 0 Å². The first-order chi connectivity index (χ1) is 13.9. The molecule has 3 aromatic carbocycles. The molecule has 0 aliphatic carbocycles. The first-order valence-electron chi connectivity index (χ1n) is 9.77. The molecular weight excluding hydrogens is 342 g/mol. The van der Waals surface area contributed by atoms with Gasteiger partial charge in [-0.3, -0.25) is 0 Å². The normalized spacial score (nSPS) is 12.3. The van der Waals surface area contributed by atoms with E-state index in [-0.39, 0.29) is 5.92 Å². The van der Waals surface area contributed by atoms with E-state index in [1.54, 1.807) is 0 Å². The summed E-state index contributed by atoms with van der Waals surface area (Å²) in [6.07, 6.45) is 2.83. The highest BCUT2D eigenvalue weighted by Gasteiger charge is 2.13. The van der Waals surface area contributed by atoms with Crippen molar-refractivity contribution in [3.05, 3.63) is 84.6 Å². The van der Waals surface area contributed by atoms with Crippen molar-refractivity contribution in [3.63, 3.8) is 0 Å². The number of para-hydroxylation sites is 3. The summed E-state index contributed by atoms with van der Waals surface area (Å²) in [5, 5.41) is 3.74. The van der Waals surface area contributed by atoms with E-state index in [2.05, 4.69) is 84.0 Å². The molecule has 0 amide bonds. The standard InChI is InChI=1S/C26H21NO/c1-2-19(23-18-28-26-16-8-5-13-22(23)26)10-9-17-27-24-14-6-3-11-20(24)21-12-4-7-15-25(21)27/h3-8,11-16,18-19H,2,17H2,1H3/t19-/m0/s1. The van der Waals surface area contributed by atoms with Crippen molar-refractivity contribution in [3.8, 4) is 11.8 Å². The third kappa shape index (κ3) is 2.68. The van der Waals surface area contributed by atoms with Crippen LogP contribution in [0.15, 0.2) is 83.5 Å². The van der Waals surface area contributed by atoms with Gasteiger partial charge >= 0.3 is 0 Å². The molecule has 0 aliphatic rings. The summed E-state index contributed by atoms with van der Waals surface area (Å²) in [6.45, 7) is 2.86. The highest BCUT2D eigenvalue weighted by molar-refractivity contribution is 6.08. The fourth-order valence-electron chi connectivity index (χ4n) is 4.09. The summed E-state index contributed by atoms with van der Waals surface area (Å²) in [4.78, 5) is 0. The quantitative estimate of drug-likeness (QED) is 0.325. The lowest BCUT2D eigenvalue weighted by Crippen LogP contribution is -1.97. The Labute approximate surface area is 164 Å². The largest absolute Gasteiger partial charge is 0.464 e. The van der Waals surface area contributed by atoms with Gasteiger partial charge in [0.15, 0.2) is 0 Å². The summed E-state index contributed by atoms with van der Waals surface area (Å²) in [7, 11) is 0. The van der Waals surface area contributed by atoms with Gasteiger partial charge in [-0.15, -0.1) is 0 Å². The van der Waals surface area contributed by atoms with Crippen molar-refractivity contribution in [1.29, 1.82) is 0 Å². The fourth-order valence-corrected chi connectivity index (χ4v) is 4.09. The van der Waals surface area contributed by atoms with Crippen molar-refractivity contribution in [2.24, 2.45) is 0 Å². The molecule has 0 radical (unpaired) electrons. The lowest BCUT2D eigenvalue weighted by Gasteiger charge is -2.06. The first-order valence-corrected chi connectivity index (χ1v) is 9.77. The van der Waals surface area contributed by atoms with E-state index in [1.807, 2.05) is 18.4 Å². The number of fused-ring (bicyclic) bond motifs is 4. The van der Waals surface area contributed by atoms with Crippen LogP contribution in [-0.2, 0) is 6.54 Å². The predicted octanol–water partition coefficient (Wildman–Crippen LogP) is 6.74. The van der Waals surface area contributed by atoms with Gasteiger partial charge in [-0.1, -0.05) is 73.4 Å². The third-order valence-electron chi connectivity index (χ3n) is 5.49. The maximum Gasteiger partial charge on any atom is 0.134 e. The Bertz CT molecular complexity index is 1290. The summed E-state index contributed by atoms with van der Waals surface area (Å²) in [5.74, 6) is 7.13. The zero-order chi connectivity index (χ0) is 18.9. The second-order valence-electron chi connectivity index (χ2n) is 7.09. The average molecular weight is 363 g/mol. The highest BCUT2D eigenvalue weighted by atomic mass is 16.3. The van der Waals surface area contributed by atoms with Crippen molar-refractivity contribution in [2.45, 2.75) is 25.8 Å². The predicted molar refractivity (Wildman–Crippen MR) is 116 cm³/mol. The maximum absolute atomic E-state index is 5.73. The number of benzene rings is 3. The maximum atomic E-state index is 5.73. The SMILES string of the molecule is CC[C@@H](C#CCn1c2ccccc2c2ccccc21)c1coc2ccccc12. The van der Waals surface area contributed by atoms with Crippen LogP contribution in [-0.4, -0.2) is 4.57 Å². The van der Waals surface area contributed by atoms with Crippen LogP contribution in [0.5, 0.6) is 0 Å². The van der Waals surface area contributed by atoms with Crippen LogP contribution in [0.3, 0.4) is 0 Å². The number of rotatable bonds is 3. The lowest BCUT2D eigenvalue weighted by atomic mass is 9.96. The highest BCUT2D eigenvalue weighted by Crippen LogP contribution is 2.30. The van der Waals surface area contributed by atoms with Crippen LogP contribution in [0.1, 0.15) is 24.8 Å². The molecule has 1 atom stereocenters. The molecule has 2 heterocycles. The van der Waals surface area contributed by atoms with E-state index in [0.29, 0.717) is 6.54 Å². The molecule has 0 aliphatic heterocycles. The average Bonchev–Trinajstić information content (AvgIpc) is 3.31. The number of furan rings is 1. The minimum absolute atomic E-state index is 0.178. The van der Waals surface area contributed by atoms with Crippen molar-refractivity contribution in [1.82, 2.24) is 4.57 Å². The Balaban J connectivity index is 1.53. The molecule has 0 bridgehead atoms. The molecule has 0 N–H and O–H groups in total. The number of hydrogen-bond acceptors (Lipinski definition) is 1. The molecule has 0 spiro atoms. The topological polar surface area (TPSA) is 18.1 Å². The third-order valence-corrected chi connectivity index (χ3v) is 5.49. The molecular formula is C26H21NO. The van der Waals surface area contributed by atoms with Crippen LogP contribution in [0.4, 0.5) is 0 Å². The number of hydrogen-bond donors (Lipinski definition) is 0. The van der Waals surface area contributed by atoms with Gasteiger partial charge in [-0.05, 0) is 24.6 Å². The molecule has 2 aromatic heterocycles. The molecule has 28 heavy (non-hydrogen) atoms. The van der Waals surface area contributed by atoms with Gasteiger partial charge in [0.2, 0.25) is 0 Å². The molecule has 2 nitrogen and oxygen atoms in total. The number of nitrogens with zero attached hydrogens (tertiary/aromatic N) is 1. The number of aromatic nitrogens is 1. The van der Waals surface area contributed by atoms with Crippen molar-refractivity contribution < 1.29 is 4.42 Å². The summed E-state index contributed by atoms with van der Waals surface area (Å²) >= 11 is 0. The molecule has 136 valence electrons. The van der Waals surface area contributed by atoms with Gasteiger partial charge < -0.3 is 8.98 Å². The summed E-state index contributed by atoms with van der Waals surface area (Å²) in [5.41, 5.74) is 4.59. The summed E-state index contributed by atoms with van der Waals surface area (Å²) in [6, 6.07) is 25.3. The van der Waals surface area contributed by atoms with Gasteiger partial charge in [0.05, 0.1) is 12.8 Å². The van der Waals surface area contributed by atoms with Crippen LogP contribution in [0.2, 0.25) is 0 Å². The van der Waals surface area contributed by atoms with Gasteiger partial charge in [0, 0.05) is 38.7 Å². The molecule has 5 aromatic rings. The van der Waals surface area contributed by atoms with Crippen LogP contribution in [0.25, 0.3) is 32.8 Å². The summed E-state index contributed by atoms with van der Waals surface area (Å²) < 4.78 is 8.04. The van der Waals surface area contributed by atoms with Gasteiger partial charge in [0.1, 0.15) is 5.58 Å². The fraction of sp³-hybridized carbons (Fsp3) is 0.154. The molecule has 5 rings (SSSR count). The van der Waals surface area contributed by atoms with Gasteiger partial charge in [-0.2, -0.15) is 0 Å². The Kier molecular flexibility index (Phi) is 4.14. The Morgan fingerprint density at radius 3 is 2.11 bits per heavy atom. The van der Waals surface area contributed by atoms with E-state index < -0.39 is 0 Å². The van der Waals surface area contributed by atoms with Crippen LogP contribution in [0, 0.1) is 11.8 Å². The van der Waals surface area contributed by atoms with E-state index in [0.717, 1.165) is 12.0 Å². The second-order valence-corrected chi connectivity index (χ2v) is 7.09. The molecule has 0 fully saturated rings. The lowest BCUT2D eigenvalue weighted by molar-refractivity contribution is 0.606. The molecule has 0 saturated carbocycles. The Morgan fingerprint density at radius 1 is 0.821 bits per heavy atom. The second kappa shape index (κ2) is 6.94. The van der Waals surface area contributed by atoms with Crippen molar-refractivity contribution >= 4 is 32.8 Å². The zero-order valence-corrected chi connectivity index (χ0v) is 15.9. The van der Waals surface area contributed by atoms with E-state index in [9.17, 15) is 0 Å². The molecule has 0 unspecified atom stereocenters. The first kappa shape index (κ1) is 16.7. The monoisotopic (exact) mass is 363 g/mol. The van der Waals surface area contributed by atoms with E-state index in [4.69, 9.17) is 4.42 Å². The van der Waals surface area contributed by atoms with Crippen LogP contribution < -0.4 is 0 Å². The Hall–Kier alpha value is -3.44. The van der Waals surface area contributed by atoms with E-state index >= 15 is 0 Å². The molecule has 0 saturated heterocycles. The van der Waals surface area contributed by atoms with Crippen LogP contribution >= 0.6 is 0 Å². The minimum Gasteiger partial charge on any atom is -0.464 e. The Morgan fingerprint density at radius 2 is 1.43 bits per heavy atom. The van der Waals surface area contributed by atoms with Gasteiger partial charge in [-0.25, -0.2) is 0 Å². The van der Waals surface area contributed by atoms with Crippen molar-refractivity contribution in [2.75, 3.05) is 0 Å². The smallest absolute Gasteiger partial charge is 0.134 e. The minimum atomic E-state index is 0.178.